The molecular formula is C9H12BrNO2. The van der Waals surface area contributed by atoms with Crippen molar-refractivity contribution >= 4 is 15.9 Å². The normalized spacial score (nSPS) is 10.2. The number of methoxy groups -OCH3 is 1. The molecule has 0 aromatic heterocycles. The summed E-state index contributed by atoms with van der Waals surface area (Å²) in [5.74, 6) is 0.573. The molecule has 0 amide bonds. The smallest absolute Gasteiger partial charge is 0.163 e. The second-order valence-electron chi connectivity index (χ2n) is 2.74. The van der Waals surface area contributed by atoms with Gasteiger partial charge < -0.3 is 15.6 Å². The van der Waals surface area contributed by atoms with Crippen LogP contribution in [0.5, 0.6) is 11.5 Å². The van der Waals surface area contributed by atoms with Crippen molar-refractivity contribution in [3.05, 3.63) is 21.7 Å². The summed E-state index contributed by atoms with van der Waals surface area (Å²) in [5, 5.41) is 9.66. The van der Waals surface area contributed by atoms with Gasteiger partial charge in [0.2, 0.25) is 0 Å². The number of rotatable bonds is 2. The summed E-state index contributed by atoms with van der Waals surface area (Å²) in [7, 11) is 1.52. The van der Waals surface area contributed by atoms with E-state index in [2.05, 4.69) is 15.9 Å². The van der Waals surface area contributed by atoms with Crippen LogP contribution in [0, 0.1) is 6.92 Å². The Morgan fingerprint density at radius 1 is 1.62 bits per heavy atom. The van der Waals surface area contributed by atoms with Gasteiger partial charge in [0.05, 0.1) is 7.11 Å². The summed E-state index contributed by atoms with van der Waals surface area (Å²) in [6, 6.07) is 1.76. The second kappa shape index (κ2) is 3.98. The van der Waals surface area contributed by atoms with Crippen LogP contribution in [0.3, 0.4) is 0 Å². The number of phenols is 1. The molecule has 13 heavy (non-hydrogen) atoms. The predicted octanol–water partition coefficient (Wildman–Crippen LogP) is 1.93. The lowest BCUT2D eigenvalue weighted by atomic mass is 10.1. The van der Waals surface area contributed by atoms with E-state index in [9.17, 15) is 5.11 Å². The minimum absolute atomic E-state index is 0.113. The first-order valence-corrected chi connectivity index (χ1v) is 4.66. The highest BCUT2D eigenvalue weighted by atomic mass is 79.9. The number of hydrogen-bond acceptors (Lipinski definition) is 3. The van der Waals surface area contributed by atoms with E-state index in [0.29, 0.717) is 11.3 Å². The molecule has 72 valence electrons. The largest absolute Gasteiger partial charge is 0.504 e. The average Bonchev–Trinajstić information content (AvgIpc) is 2.12. The third-order valence-corrected chi connectivity index (χ3v) is 3.01. The van der Waals surface area contributed by atoms with Gasteiger partial charge in [-0.05, 0) is 18.6 Å². The van der Waals surface area contributed by atoms with Crippen LogP contribution in [0.2, 0.25) is 0 Å². The Morgan fingerprint density at radius 3 is 2.69 bits per heavy atom. The average molecular weight is 246 g/mol. The van der Waals surface area contributed by atoms with Crippen LogP contribution >= 0.6 is 15.9 Å². The zero-order valence-corrected chi connectivity index (χ0v) is 9.18. The molecule has 1 rings (SSSR count). The summed E-state index contributed by atoms with van der Waals surface area (Å²) in [6.07, 6.45) is 0. The van der Waals surface area contributed by atoms with Gasteiger partial charge in [-0.3, -0.25) is 0 Å². The summed E-state index contributed by atoms with van der Waals surface area (Å²) in [5.41, 5.74) is 7.17. The Morgan fingerprint density at radius 2 is 2.23 bits per heavy atom. The van der Waals surface area contributed by atoms with Crippen molar-refractivity contribution in [2.75, 3.05) is 7.11 Å². The van der Waals surface area contributed by atoms with Gasteiger partial charge in [0.1, 0.15) is 0 Å². The quantitative estimate of drug-likeness (QED) is 0.838. The Kier molecular flexibility index (Phi) is 3.17. The molecule has 0 atom stereocenters. The van der Waals surface area contributed by atoms with Gasteiger partial charge in [0.25, 0.3) is 0 Å². The van der Waals surface area contributed by atoms with Crippen molar-refractivity contribution in [2.24, 2.45) is 5.73 Å². The first-order valence-electron chi connectivity index (χ1n) is 3.86. The first-order chi connectivity index (χ1) is 6.11. The molecule has 3 N–H and O–H groups in total. The predicted molar refractivity (Wildman–Crippen MR) is 55.0 cm³/mol. The van der Waals surface area contributed by atoms with E-state index in [-0.39, 0.29) is 12.3 Å². The molecule has 0 saturated heterocycles. The Hall–Kier alpha value is -0.740. The molecule has 0 radical (unpaired) electrons. The molecule has 0 aliphatic carbocycles. The molecule has 0 aliphatic rings. The lowest BCUT2D eigenvalue weighted by Gasteiger charge is -2.11. The van der Waals surface area contributed by atoms with Crippen LogP contribution in [-0.4, -0.2) is 12.2 Å². The molecule has 4 heteroatoms. The third kappa shape index (κ3) is 1.78. The van der Waals surface area contributed by atoms with E-state index in [1.54, 1.807) is 6.07 Å². The van der Waals surface area contributed by atoms with E-state index >= 15 is 0 Å². The van der Waals surface area contributed by atoms with Gasteiger partial charge in [-0.15, -0.1) is 0 Å². The molecule has 0 aliphatic heterocycles. The molecule has 0 fully saturated rings. The molecule has 0 spiro atoms. The van der Waals surface area contributed by atoms with Gasteiger partial charge in [-0.1, -0.05) is 15.9 Å². The molecule has 0 saturated carbocycles. The number of ether oxygens (including phenoxy) is 1. The molecule has 3 nitrogen and oxygen atoms in total. The van der Waals surface area contributed by atoms with E-state index in [1.165, 1.54) is 7.11 Å². The fourth-order valence-corrected chi connectivity index (χ4v) is 1.63. The number of benzene rings is 1. The van der Waals surface area contributed by atoms with Gasteiger partial charge in [0.15, 0.2) is 11.5 Å². The number of hydrogen-bond donors (Lipinski definition) is 2. The fraction of sp³-hybridized carbons (Fsp3) is 0.333. The molecular weight excluding hydrogens is 234 g/mol. The van der Waals surface area contributed by atoms with Crippen molar-refractivity contribution in [1.82, 2.24) is 0 Å². The Balaban J connectivity index is 3.39. The van der Waals surface area contributed by atoms with Crippen LogP contribution in [0.25, 0.3) is 0 Å². The molecule has 0 unspecified atom stereocenters. The maximum Gasteiger partial charge on any atom is 0.163 e. The number of aryl methyl sites for hydroxylation is 1. The SMILES string of the molecule is COc1cc(C)c(Br)c(CN)c1O. The Bertz CT molecular complexity index is 326. The second-order valence-corrected chi connectivity index (χ2v) is 3.53. The van der Waals surface area contributed by atoms with Crippen molar-refractivity contribution in [3.8, 4) is 11.5 Å². The lowest BCUT2D eigenvalue weighted by Crippen LogP contribution is -2.00. The van der Waals surface area contributed by atoms with Crippen LogP contribution in [0.4, 0.5) is 0 Å². The Labute approximate surface area is 85.6 Å². The third-order valence-electron chi connectivity index (χ3n) is 1.90. The van der Waals surface area contributed by atoms with Gasteiger partial charge in [0, 0.05) is 16.6 Å². The monoisotopic (exact) mass is 245 g/mol. The molecule has 0 heterocycles. The minimum atomic E-state index is 0.113. The van der Waals surface area contributed by atoms with Gasteiger partial charge in [-0.2, -0.15) is 0 Å². The summed E-state index contributed by atoms with van der Waals surface area (Å²) in [4.78, 5) is 0. The molecule has 1 aromatic carbocycles. The summed E-state index contributed by atoms with van der Waals surface area (Å²) < 4.78 is 5.84. The first kappa shape index (κ1) is 10.3. The van der Waals surface area contributed by atoms with Crippen LogP contribution in [0.15, 0.2) is 10.5 Å². The van der Waals surface area contributed by atoms with Crippen molar-refractivity contribution in [1.29, 1.82) is 0 Å². The maximum absolute atomic E-state index is 9.66. The van der Waals surface area contributed by atoms with Gasteiger partial charge >= 0.3 is 0 Å². The highest BCUT2D eigenvalue weighted by molar-refractivity contribution is 9.10. The number of aromatic hydroxyl groups is 1. The highest BCUT2D eigenvalue weighted by Crippen LogP contribution is 2.37. The van der Waals surface area contributed by atoms with E-state index in [4.69, 9.17) is 10.5 Å². The summed E-state index contributed by atoms with van der Waals surface area (Å²) in [6.45, 7) is 2.20. The van der Waals surface area contributed by atoms with E-state index in [1.807, 2.05) is 6.92 Å². The molecule has 0 bridgehead atoms. The number of phenolic OH excluding ortho intramolecular Hbond substituents is 1. The standard InChI is InChI=1S/C9H12BrNO2/c1-5-3-7(13-2)9(12)6(4-11)8(5)10/h3,12H,4,11H2,1-2H3. The van der Waals surface area contributed by atoms with E-state index in [0.717, 1.165) is 10.0 Å². The van der Waals surface area contributed by atoms with Crippen LogP contribution < -0.4 is 10.5 Å². The van der Waals surface area contributed by atoms with E-state index < -0.39 is 0 Å². The number of nitrogens with two attached hydrogens (primary N) is 1. The highest BCUT2D eigenvalue weighted by Gasteiger charge is 2.12. The van der Waals surface area contributed by atoms with Crippen molar-refractivity contribution < 1.29 is 9.84 Å². The topological polar surface area (TPSA) is 55.5 Å². The number of halogens is 1. The van der Waals surface area contributed by atoms with Crippen LogP contribution in [-0.2, 0) is 6.54 Å². The van der Waals surface area contributed by atoms with Crippen LogP contribution in [0.1, 0.15) is 11.1 Å². The summed E-state index contributed by atoms with van der Waals surface area (Å²) >= 11 is 3.36. The van der Waals surface area contributed by atoms with Gasteiger partial charge in [-0.25, -0.2) is 0 Å². The lowest BCUT2D eigenvalue weighted by molar-refractivity contribution is 0.370. The zero-order chi connectivity index (χ0) is 10.0. The van der Waals surface area contributed by atoms with Crippen molar-refractivity contribution in [3.63, 3.8) is 0 Å². The maximum atomic E-state index is 9.66. The zero-order valence-electron chi connectivity index (χ0n) is 7.60. The molecule has 1 aromatic rings. The van der Waals surface area contributed by atoms with Crippen molar-refractivity contribution in [2.45, 2.75) is 13.5 Å². The fourth-order valence-electron chi connectivity index (χ4n) is 1.16. The minimum Gasteiger partial charge on any atom is -0.504 e.